The van der Waals surface area contributed by atoms with Crippen LogP contribution in [-0.4, -0.2) is 64.7 Å². The minimum atomic E-state index is 0.0474. The van der Waals surface area contributed by atoms with E-state index in [2.05, 4.69) is 62.6 Å². The number of methoxy groups -OCH3 is 1. The highest BCUT2D eigenvalue weighted by Crippen LogP contribution is 2.25. The van der Waals surface area contributed by atoms with Gasteiger partial charge in [-0.05, 0) is 56.5 Å². The molecule has 1 saturated carbocycles. The Morgan fingerprint density at radius 1 is 1.18 bits per heavy atom. The number of amides is 1. The van der Waals surface area contributed by atoms with Crippen molar-refractivity contribution < 1.29 is 9.53 Å². The van der Waals surface area contributed by atoms with Gasteiger partial charge in [0, 0.05) is 57.0 Å². The number of carbonyl (C=O) groups is 1. The third kappa shape index (κ3) is 5.89. The van der Waals surface area contributed by atoms with Crippen LogP contribution in [0.3, 0.4) is 0 Å². The van der Waals surface area contributed by atoms with E-state index in [0.29, 0.717) is 12.0 Å². The summed E-state index contributed by atoms with van der Waals surface area (Å²) in [6, 6.07) is 11.1. The van der Waals surface area contributed by atoms with Gasteiger partial charge in [0.05, 0.1) is 12.1 Å². The van der Waals surface area contributed by atoms with Crippen LogP contribution in [0.25, 0.3) is 16.7 Å². The third-order valence-corrected chi connectivity index (χ3v) is 6.30. The number of likely N-dealkylation sites (N-methyl/N-ethyl adjacent to an activating group) is 1. The number of nitrogens with zero attached hydrogens (tertiary/aromatic N) is 4. The van der Waals surface area contributed by atoms with Gasteiger partial charge in [0.25, 0.3) is 0 Å². The molecule has 0 aliphatic heterocycles. The van der Waals surface area contributed by atoms with Crippen molar-refractivity contribution in [3.63, 3.8) is 0 Å². The monoisotopic (exact) mass is 450 g/mol. The van der Waals surface area contributed by atoms with E-state index in [9.17, 15) is 4.79 Å². The number of benzene rings is 1. The molecule has 1 amide bonds. The molecule has 2 aromatic heterocycles. The molecular weight excluding hydrogens is 416 g/mol. The van der Waals surface area contributed by atoms with Gasteiger partial charge in [0.2, 0.25) is 11.9 Å². The first kappa shape index (κ1) is 23.2. The first-order valence-corrected chi connectivity index (χ1v) is 11.7. The van der Waals surface area contributed by atoms with E-state index in [-0.39, 0.29) is 11.9 Å². The molecule has 1 fully saturated rings. The zero-order chi connectivity index (χ0) is 23.2. The van der Waals surface area contributed by atoms with Crippen LogP contribution in [0.15, 0.2) is 42.7 Å². The van der Waals surface area contributed by atoms with Gasteiger partial charge in [-0.3, -0.25) is 9.69 Å². The number of carbonyl (C=O) groups excluding carboxylic acids is 1. The SMILES string of the molecule is COCCN(C)Cc1cccc2c1ccn2-c1ccnc(NC2CCC(NC(C)=O)CC2)n1. The molecule has 8 heteroatoms. The first-order chi connectivity index (χ1) is 16.0. The Morgan fingerprint density at radius 2 is 1.97 bits per heavy atom. The van der Waals surface area contributed by atoms with Crippen molar-refractivity contribution in [3.8, 4) is 5.82 Å². The van der Waals surface area contributed by atoms with Gasteiger partial charge in [0.15, 0.2) is 0 Å². The zero-order valence-electron chi connectivity index (χ0n) is 19.8. The van der Waals surface area contributed by atoms with Crippen LogP contribution in [0.1, 0.15) is 38.2 Å². The number of aromatic nitrogens is 3. The fraction of sp³-hybridized carbons (Fsp3) is 0.480. The molecule has 1 aromatic carbocycles. The lowest BCUT2D eigenvalue weighted by molar-refractivity contribution is -0.119. The maximum atomic E-state index is 11.3. The second kappa shape index (κ2) is 10.8. The molecular formula is C25H34N6O2. The van der Waals surface area contributed by atoms with Crippen LogP contribution >= 0.6 is 0 Å². The molecule has 3 aromatic rings. The van der Waals surface area contributed by atoms with Crippen LogP contribution in [0, 0.1) is 0 Å². The standard InChI is InChI=1S/C25H34N6O2/c1-18(32)27-20-7-9-21(10-8-20)28-25-26-13-11-24(29-25)31-14-12-22-19(5-4-6-23(22)31)17-30(2)15-16-33-3/h4-6,11-14,20-21H,7-10,15-17H2,1-3H3,(H,27,32)(H,26,28,29). The minimum absolute atomic E-state index is 0.0474. The first-order valence-electron chi connectivity index (χ1n) is 11.7. The zero-order valence-corrected chi connectivity index (χ0v) is 19.8. The van der Waals surface area contributed by atoms with Crippen molar-refractivity contribution in [3.05, 3.63) is 48.3 Å². The average Bonchev–Trinajstić information content (AvgIpc) is 3.24. The third-order valence-electron chi connectivity index (χ3n) is 6.30. The number of ether oxygens (including phenoxy) is 1. The summed E-state index contributed by atoms with van der Waals surface area (Å²) in [5.41, 5.74) is 2.42. The summed E-state index contributed by atoms with van der Waals surface area (Å²) in [4.78, 5) is 22.8. The number of hydrogen-bond acceptors (Lipinski definition) is 6. The lowest BCUT2D eigenvalue weighted by atomic mass is 9.91. The normalized spacial score (nSPS) is 18.5. The van der Waals surface area contributed by atoms with Gasteiger partial charge < -0.3 is 19.9 Å². The van der Waals surface area contributed by atoms with Crippen LogP contribution < -0.4 is 10.6 Å². The maximum absolute atomic E-state index is 11.3. The molecule has 1 aliphatic carbocycles. The molecule has 4 rings (SSSR count). The second-order valence-electron chi connectivity index (χ2n) is 8.90. The summed E-state index contributed by atoms with van der Waals surface area (Å²) in [5, 5.41) is 7.75. The Morgan fingerprint density at radius 3 is 2.73 bits per heavy atom. The minimum Gasteiger partial charge on any atom is -0.383 e. The van der Waals surface area contributed by atoms with Crippen LogP contribution in [-0.2, 0) is 16.1 Å². The summed E-state index contributed by atoms with van der Waals surface area (Å²) in [5.74, 6) is 1.54. The molecule has 2 N–H and O–H groups in total. The molecule has 33 heavy (non-hydrogen) atoms. The topological polar surface area (TPSA) is 84.3 Å². The molecule has 0 bridgehead atoms. The summed E-state index contributed by atoms with van der Waals surface area (Å²) in [6.45, 7) is 4.06. The van der Waals surface area contributed by atoms with Crippen molar-refractivity contribution in [2.45, 2.75) is 51.2 Å². The van der Waals surface area contributed by atoms with Crippen molar-refractivity contribution in [2.24, 2.45) is 0 Å². The predicted molar refractivity (Wildman–Crippen MR) is 131 cm³/mol. The van der Waals surface area contributed by atoms with E-state index in [1.54, 1.807) is 14.0 Å². The van der Waals surface area contributed by atoms with Crippen LogP contribution in [0.5, 0.6) is 0 Å². The Hall–Kier alpha value is -2.97. The maximum Gasteiger partial charge on any atom is 0.224 e. The second-order valence-corrected chi connectivity index (χ2v) is 8.90. The van der Waals surface area contributed by atoms with E-state index in [4.69, 9.17) is 9.72 Å². The van der Waals surface area contributed by atoms with Gasteiger partial charge in [-0.15, -0.1) is 0 Å². The largest absolute Gasteiger partial charge is 0.383 e. The Kier molecular flexibility index (Phi) is 7.57. The molecule has 0 spiro atoms. The van der Waals surface area contributed by atoms with E-state index >= 15 is 0 Å². The molecule has 1 aliphatic rings. The van der Waals surface area contributed by atoms with Crippen molar-refractivity contribution in [2.75, 3.05) is 32.6 Å². The Bertz CT molecular complexity index is 1070. The molecule has 2 heterocycles. The highest BCUT2D eigenvalue weighted by atomic mass is 16.5. The van der Waals surface area contributed by atoms with Crippen molar-refractivity contribution in [1.29, 1.82) is 0 Å². The Labute approximate surface area is 195 Å². The molecule has 8 nitrogen and oxygen atoms in total. The van der Waals surface area contributed by atoms with Crippen molar-refractivity contribution >= 4 is 22.8 Å². The number of fused-ring (bicyclic) bond motifs is 1. The van der Waals surface area contributed by atoms with Gasteiger partial charge in [0.1, 0.15) is 5.82 Å². The van der Waals surface area contributed by atoms with E-state index < -0.39 is 0 Å². The molecule has 0 atom stereocenters. The molecule has 0 radical (unpaired) electrons. The predicted octanol–water partition coefficient (Wildman–Crippen LogP) is 3.36. The fourth-order valence-corrected chi connectivity index (χ4v) is 4.59. The average molecular weight is 451 g/mol. The van der Waals surface area contributed by atoms with Gasteiger partial charge in [-0.1, -0.05) is 12.1 Å². The number of nitrogens with one attached hydrogen (secondary N) is 2. The van der Waals surface area contributed by atoms with Crippen LogP contribution in [0.2, 0.25) is 0 Å². The quantitative estimate of drug-likeness (QED) is 0.520. The lowest BCUT2D eigenvalue weighted by Crippen LogP contribution is -2.39. The lowest BCUT2D eigenvalue weighted by Gasteiger charge is -2.29. The number of rotatable bonds is 9. The van der Waals surface area contributed by atoms with Gasteiger partial charge in [-0.2, -0.15) is 4.98 Å². The van der Waals surface area contributed by atoms with E-state index in [1.165, 1.54) is 10.9 Å². The molecule has 176 valence electrons. The van der Waals surface area contributed by atoms with E-state index in [1.807, 2.05) is 12.3 Å². The van der Waals surface area contributed by atoms with Gasteiger partial charge >= 0.3 is 0 Å². The summed E-state index contributed by atoms with van der Waals surface area (Å²) < 4.78 is 7.32. The fourth-order valence-electron chi connectivity index (χ4n) is 4.59. The Balaban J connectivity index is 1.47. The van der Waals surface area contributed by atoms with Crippen molar-refractivity contribution in [1.82, 2.24) is 24.8 Å². The van der Waals surface area contributed by atoms with Crippen LogP contribution in [0.4, 0.5) is 5.95 Å². The smallest absolute Gasteiger partial charge is 0.224 e. The highest BCUT2D eigenvalue weighted by molar-refractivity contribution is 5.85. The number of anilines is 1. The highest BCUT2D eigenvalue weighted by Gasteiger charge is 2.22. The number of hydrogen-bond donors (Lipinski definition) is 2. The molecule has 0 saturated heterocycles. The molecule has 0 unspecified atom stereocenters. The van der Waals surface area contributed by atoms with Gasteiger partial charge in [-0.25, -0.2) is 4.98 Å². The summed E-state index contributed by atoms with van der Waals surface area (Å²) >= 11 is 0. The summed E-state index contributed by atoms with van der Waals surface area (Å²) in [6.07, 6.45) is 7.81. The van der Waals surface area contributed by atoms with E-state index in [0.717, 1.165) is 56.7 Å². The summed E-state index contributed by atoms with van der Waals surface area (Å²) in [7, 11) is 3.84.